The summed E-state index contributed by atoms with van der Waals surface area (Å²) in [6.07, 6.45) is 34.8. The lowest BCUT2D eigenvalue weighted by Crippen LogP contribution is -2.32. The number of rotatable bonds is 19. The molecule has 3 atom stereocenters. The fourth-order valence-electron chi connectivity index (χ4n) is 16.3. The van der Waals surface area contributed by atoms with E-state index in [1.807, 2.05) is 205 Å². The molecule has 11 aromatic heterocycles. The number of aryl methyl sites for hydroxylation is 3. The second-order valence-electron chi connectivity index (χ2n) is 39.2. The molecule has 14 heterocycles. The number of nitrogens with zero attached hydrogens (tertiary/aromatic N) is 12. The largest absolute Gasteiger partial charge is 0.474 e. The number of fused-ring (bicyclic) bond motifs is 2. The van der Waals surface area contributed by atoms with Gasteiger partial charge in [-0.15, -0.1) is 22.7 Å². The zero-order valence-corrected chi connectivity index (χ0v) is 85.8. The molecule has 13 aromatic rings. The van der Waals surface area contributed by atoms with E-state index in [0.29, 0.717) is 67.2 Å². The zero-order valence-electron chi connectivity index (χ0n) is 84.1. The van der Waals surface area contributed by atoms with Gasteiger partial charge in [-0.3, -0.25) is 38.0 Å². The normalized spacial score (nSPS) is 16.3. The third kappa shape index (κ3) is 29.4. The standard InChI is InChI=1S/C14H16N2OS.C13H16N2.3C13H19NO2.C12H14FN.C12H14N2OS.C11H15NO.C10H15NO/c1-9(2)12-7-10(14-15-5-6-18-14)8-16-13(12)17-11-3-4-11;1-9(2)10-3-4-11-8-15(12-5-6-12)14-13(11)7-10;3*1-10(2)12-6-3-7-14(13(12)15)11-5-4-8-16-9-11;1-8(2)10-5-4-9-6-7-14(3)12(9)11(10)13;1-8(2)10-5-4-6-14(11(10)15)12-13-7-9(3)16-12;1-8(2)9-3-6-11(13)12(7-9)10-4-5-10;1-4-11-7-9(8(2)3)5-6-10(11)12/h5-9,11H,3-4H2,1-2H3;3-4,7-9,12H,5-6H2,1-2H3;3*3,6-7,10-11H,4-5,8-9H2,1-2H3;4-8H,1-3H3;4-8H,1-3H3;3,6-8,10H,4-5H2,1-2H3;5-8H,4H2,1-3H3/t;;2*11-;;;;;/m..10...../s1. The molecule has 0 spiro atoms. The van der Waals surface area contributed by atoms with Crippen LogP contribution in [0.25, 0.3) is 37.5 Å². The number of hydrogen-bond donors (Lipinski definition) is 0. The fraction of sp³-hybridized carbons (Fsp3) is 0.495. The van der Waals surface area contributed by atoms with E-state index in [9.17, 15) is 33.2 Å². The van der Waals surface area contributed by atoms with Gasteiger partial charge in [-0.1, -0.05) is 185 Å². The van der Waals surface area contributed by atoms with Crippen molar-refractivity contribution in [1.29, 1.82) is 0 Å². The van der Waals surface area contributed by atoms with E-state index >= 15 is 0 Å². The molecule has 25 heteroatoms. The maximum atomic E-state index is 14.0. The van der Waals surface area contributed by atoms with Gasteiger partial charge in [0.25, 0.3) is 33.4 Å². The number of benzene rings is 2. The first-order valence-corrected chi connectivity index (χ1v) is 51.0. The van der Waals surface area contributed by atoms with Crippen LogP contribution in [0.2, 0.25) is 0 Å². The van der Waals surface area contributed by atoms with Crippen LogP contribution < -0.4 is 38.1 Å². The maximum Gasteiger partial charge on any atom is 0.260 e. The molecule has 0 bridgehead atoms. The van der Waals surface area contributed by atoms with Crippen LogP contribution in [0.4, 0.5) is 4.39 Å². The lowest BCUT2D eigenvalue weighted by molar-refractivity contribution is 0.0578. The van der Waals surface area contributed by atoms with Crippen LogP contribution >= 0.6 is 22.7 Å². The molecule has 3 saturated carbocycles. The summed E-state index contributed by atoms with van der Waals surface area (Å²) in [5, 5.41) is 10.6. The second kappa shape index (κ2) is 50.5. The van der Waals surface area contributed by atoms with Crippen LogP contribution in [0.15, 0.2) is 218 Å². The van der Waals surface area contributed by atoms with Crippen LogP contribution in [-0.4, -0.2) is 102 Å². The van der Waals surface area contributed by atoms with E-state index in [4.69, 9.17) is 18.9 Å². The lowest BCUT2D eigenvalue weighted by atomic mass is 10.0. The van der Waals surface area contributed by atoms with Crippen molar-refractivity contribution in [3.63, 3.8) is 0 Å². The highest BCUT2D eigenvalue weighted by Gasteiger charge is 2.29. The molecule has 1 unspecified atom stereocenters. The van der Waals surface area contributed by atoms with Gasteiger partial charge in [-0.25, -0.2) is 19.3 Å². The predicted octanol–water partition coefficient (Wildman–Crippen LogP) is 24.8. The maximum absolute atomic E-state index is 14.0. The molecule has 0 radical (unpaired) electrons. The molecule has 0 N–H and O–H groups in total. The van der Waals surface area contributed by atoms with E-state index in [1.54, 1.807) is 45.0 Å². The highest BCUT2D eigenvalue weighted by Crippen LogP contribution is 2.38. The summed E-state index contributed by atoms with van der Waals surface area (Å²) >= 11 is 3.16. The molecule has 6 fully saturated rings. The van der Waals surface area contributed by atoms with Crippen molar-refractivity contribution in [1.82, 2.24) is 56.7 Å². The van der Waals surface area contributed by atoms with Gasteiger partial charge >= 0.3 is 0 Å². The first-order valence-electron chi connectivity index (χ1n) is 49.3. The van der Waals surface area contributed by atoms with Crippen molar-refractivity contribution in [2.45, 2.75) is 312 Å². The quantitative estimate of drug-likeness (QED) is 0.0733. The highest BCUT2D eigenvalue weighted by molar-refractivity contribution is 7.14. The molecule has 3 aliphatic heterocycles. The van der Waals surface area contributed by atoms with Gasteiger partial charge in [-0.05, 0) is 209 Å². The molecule has 730 valence electrons. The van der Waals surface area contributed by atoms with Crippen molar-refractivity contribution in [3.05, 3.63) is 312 Å². The Kier molecular flexibility index (Phi) is 39.2. The van der Waals surface area contributed by atoms with Crippen LogP contribution in [0.3, 0.4) is 0 Å². The first-order chi connectivity index (χ1) is 65.1. The van der Waals surface area contributed by atoms with Crippen LogP contribution in [-0.2, 0) is 27.8 Å². The molecule has 0 amide bonds. The summed E-state index contributed by atoms with van der Waals surface area (Å²) in [5.74, 6) is 4.02. The van der Waals surface area contributed by atoms with Gasteiger partial charge in [0.05, 0.1) is 55.0 Å². The molecule has 136 heavy (non-hydrogen) atoms. The van der Waals surface area contributed by atoms with E-state index in [0.717, 1.165) is 143 Å². The number of halogens is 1. The van der Waals surface area contributed by atoms with Crippen LogP contribution in [0, 0.1) is 12.7 Å². The Morgan fingerprint density at radius 1 is 0.441 bits per heavy atom. The Bertz CT molecular complexity index is 6160. The summed E-state index contributed by atoms with van der Waals surface area (Å²) in [5.41, 5.74) is 13.0. The van der Waals surface area contributed by atoms with Gasteiger partial charge in [0.15, 0.2) is 10.9 Å². The Labute approximate surface area is 811 Å². The minimum absolute atomic E-state index is 0.0341. The first kappa shape index (κ1) is 106. The number of hydrogen-bond acceptors (Lipinski definition) is 16. The Morgan fingerprint density at radius 3 is 1.36 bits per heavy atom. The van der Waals surface area contributed by atoms with Crippen molar-refractivity contribution in [3.8, 4) is 21.6 Å². The molecule has 3 aliphatic carbocycles. The fourth-order valence-corrected chi connectivity index (χ4v) is 17.7. The summed E-state index contributed by atoms with van der Waals surface area (Å²) in [7, 11) is 1.87. The highest BCUT2D eigenvalue weighted by atomic mass is 32.1. The minimum Gasteiger partial charge on any atom is -0.474 e. The smallest absolute Gasteiger partial charge is 0.260 e. The second-order valence-corrected chi connectivity index (χ2v) is 41.3. The van der Waals surface area contributed by atoms with Crippen molar-refractivity contribution < 1.29 is 23.3 Å². The van der Waals surface area contributed by atoms with Crippen molar-refractivity contribution in [2.75, 3.05) is 39.6 Å². The number of ether oxygens (including phenoxy) is 4. The SMILES string of the molecule is CC(C)c1cc(-c2nccs2)cnc1OC1CC1.CC(C)c1ccc(=O)n(C2CC2)c1.CC(C)c1ccc2ccn(C)c2c1F.CC(C)c1ccc2cn(C3CC3)nc2c1.CC(C)c1cccn(C2CCCOC2)c1=O.CC(C)c1cccn([C@@H]2CCCOC2)c1=O.CC(C)c1cccn([C@H]2CCCOC2)c1=O.CCn1cc(C(C)C)ccc1=O.Cc1cnc(-n2cccc(C(C)C)c2=O)s1. The van der Waals surface area contributed by atoms with E-state index in [1.165, 1.54) is 64.7 Å². The van der Waals surface area contributed by atoms with Crippen molar-refractivity contribution >= 4 is 44.5 Å². The third-order valence-electron chi connectivity index (χ3n) is 25.2. The van der Waals surface area contributed by atoms with Crippen LogP contribution in [0.5, 0.6) is 5.88 Å². The van der Waals surface area contributed by atoms with Gasteiger partial charge in [0.1, 0.15) is 11.1 Å². The summed E-state index contributed by atoms with van der Waals surface area (Å²) in [6.45, 7) is 46.9. The summed E-state index contributed by atoms with van der Waals surface area (Å²) < 4.78 is 50.9. The van der Waals surface area contributed by atoms with E-state index < -0.39 is 0 Å². The van der Waals surface area contributed by atoms with Gasteiger partial charge in [-0.2, -0.15) is 5.10 Å². The summed E-state index contributed by atoms with van der Waals surface area (Å²) in [4.78, 5) is 85.6. The monoisotopic (exact) mass is 1890 g/mol. The van der Waals surface area contributed by atoms with E-state index in [-0.39, 0.29) is 86.9 Å². The molecule has 3 saturated heterocycles. The van der Waals surface area contributed by atoms with Crippen LogP contribution in [0.1, 0.15) is 347 Å². The Balaban J connectivity index is 0.000000147. The van der Waals surface area contributed by atoms with Gasteiger partial charge in [0, 0.05) is 174 Å². The topological polar surface area (TPSA) is 230 Å². The summed E-state index contributed by atoms with van der Waals surface area (Å²) in [6, 6.07) is 39.0. The molecule has 6 aliphatic rings. The predicted molar refractivity (Wildman–Crippen MR) is 554 cm³/mol. The average molecular weight is 1890 g/mol. The van der Waals surface area contributed by atoms with E-state index in [2.05, 4.69) is 152 Å². The van der Waals surface area contributed by atoms with Gasteiger partial charge in [0.2, 0.25) is 5.88 Å². The lowest BCUT2D eigenvalue weighted by Gasteiger charge is -2.24. The van der Waals surface area contributed by atoms with Gasteiger partial charge < -0.3 is 46.4 Å². The molecular weight excluding hydrogens is 1740 g/mol. The Hall–Kier alpha value is -10.8. The number of thiazole rings is 2. The molecule has 2 aromatic carbocycles. The number of aromatic nitrogens is 12. The Morgan fingerprint density at radius 2 is 0.919 bits per heavy atom. The molecule has 19 rings (SSSR count). The minimum atomic E-state index is -0.0787. The third-order valence-corrected chi connectivity index (χ3v) is 26.9. The van der Waals surface area contributed by atoms with Crippen molar-refractivity contribution in [2.24, 2.45) is 7.05 Å². The number of pyridine rings is 7. The molecular formula is C111H147FN12O10S2. The average Bonchev–Trinajstić information content (AvgIpc) is 1.78. The zero-order chi connectivity index (χ0) is 98.1. The molecule has 22 nitrogen and oxygen atoms in total.